The number of carbonyl (C=O) groups excluding carboxylic acids is 3. The number of benzene rings is 3. The monoisotopic (exact) mass is 423 g/mol. The largest absolute Gasteiger partial charge is 0.322 e. The Bertz CT molecular complexity index is 1340. The number of halogens is 1. The van der Waals surface area contributed by atoms with Gasteiger partial charge >= 0.3 is 0 Å². The third-order valence-corrected chi connectivity index (χ3v) is 5.93. The highest BCUT2D eigenvalue weighted by atomic mass is 32.2. The topological polar surface area (TPSA) is 97.4 Å². The molecule has 30 heavy (non-hydrogen) atoms. The van der Waals surface area contributed by atoms with Gasteiger partial charge in [-0.1, -0.05) is 24.3 Å². The number of carbonyl (C=O) groups is 3. The summed E-state index contributed by atoms with van der Waals surface area (Å²) in [6, 6.07) is 13.5. The zero-order valence-electron chi connectivity index (χ0n) is 15.6. The number of amides is 1. The van der Waals surface area contributed by atoms with Crippen LogP contribution in [0.4, 0.5) is 10.1 Å². The number of rotatable bonds is 3. The highest BCUT2D eigenvalue weighted by molar-refractivity contribution is 7.90. The van der Waals surface area contributed by atoms with Crippen molar-refractivity contribution in [3.63, 3.8) is 0 Å². The minimum absolute atomic E-state index is 0.0718. The molecule has 0 fully saturated rings. The van der Waals surface area contributed by atoms with E-state index in [1.54, 1.807) is 12.1 Å². The van der Waals surface area contributed by atoms with E-state index in [0.717, 1.165) is 18.4 Å². The number of hydrogen-bond acceptors (Lipinski definition) is 5. The van der Waals surface area contributed by atoms with Crippen LogP contribution in [0.25, 0.3) is 0 Å². The van der Waals surface area contributed by atoms with E-state index in [1.165, 1.54) is 36.4 Å². The van der Waals surface area contributed by atoms with Crippen LogP contribution in [-0.2, 0) is 9.84 Å². The molecule has 3 aromatic rings. The first-order valence-corrected chi connectivity index (χ1v) is 10.7. The molecule has 0 bridgehead atoms. The average molecular weight is 423 g/mol. The molecular weight excluding hydrogens is 409 g/mol. The van der Waals surface area contributed by atoms with Crippen LogP contribution in [0.3, 0.4) is 0 Å². The Balaban J connectivity index is 1.90. The highest BCUT2D eigenvalue weighted by Gasteiger charge is 2.36. The first-order valence-electron chi connectivity index (χ1n) is 8.81. The molecule has 4 rings (SSSR count). The quantitative estimate of drug-likeness (QED) is 0.546. The van der Waals surface area contributed by atoms with E-state index in [-0.39, 0.29) is 33.5 Å². The smallest absolute Gasteiger partial charge is 0.257 e. The van der Waals surface area contributed by atoms with Crippen LogP contribution in [0.1, 0.15) is 42.2 Å². The van der Waals surface area contributed by atoms with E-state index in [0.29, 0.717) is 0 Å². The van der Waals surface area contributed by atoms with E-state index in [2.05, 4.69) is 5.32 Å². The number of nitrogens with one attached hydrogen (secondary N) is 1. The minimum Gasteiger partial charge on any atom is -0.322 e. The van der Waals surface area contributed by atoms with Crippen LogP contribution >= 0.6 is 0 Å². The van der Waals surface area contributed by atoms with Gasteiger partial charge in [-0.15, -0.1) is 0 Å². The third kappa shape index (κ3) is 3.21. The molecule has 0 aliphatic heterocycles. The predicted octanol–water partition coefficient (Wildman–Crippen LogP) is 3.26. The van der Waals surface area contributed by atoms with Gasteiger partial charge in [-0.3, -0.25) is 14.4 Å². The van der Waals surface area contributed by atoms with Crippen molar-refractivity contribution in [3.05, 3.63) is 94.3 Å². The van der Waals surface area contributed by atoms with E-state index in [9.17, 15) is 27.2 Å². The second-order valence-corrected chi connectivity index (χ2v) is 8.75. The SMILES string of the molecule is CS(=O)(=O)c1c(C(=O)Nc2ccc(F)cc2)ccc2c1C(=O)c1ccccc1C2=O. The minimum atomic E-state index is -4.07. The lowest BCUT2D eigenvalue weighted by atomic mass is 9.83. The van der Waals surface area contributed by atoms with Gasteiger partial charge in [0.15, 0.2) is 21.4 Å². The molecule has 6 nitrogen and oxygen atoms in total. The number of sulfone groups is 1. The average Bonchev–Trinajstić information content (AvgIpc) is 2.72. The number of ketones is 2. The van der Waals surface area contributed by atoms with Gasteiger partial charge in [0, 0.05) is 28.6 Å². The summed E-state index contributed by atoms with van der Waals surface area (Å²) < 4.78 is 38.3. The highest BCUT2D eigenvalue weighted by Crippen LogP contribution is 2.34. The van der Waals surface area contributed by atoms with Crippen molar-refractivity contribution in [2.24, 2.45) is 0 Å². The molecule has 3 aromatic carbocycles. The molecule has 1 aliphatic carbocycles. The number of fused-ring (bicyclic) bond motifs is 2. The van der Waals surface area contributed by atoms with Crippen LogP contribution in [0.15, 0.2) is 65.6 Å². The zero-order chi connectivity index (χ0) is 21.6. The van der Waals surface area contributed by atoms with Gasteiger partial charge in [0.2, 0.25) is 0 Å². The molecule has 1 aliphatic rings. The standard InChI is InChI=1S/C22H14FNO5S/c1-30(28,29)21-17(22(27)24-13-8-6-12(23)7-9-13)11-10-16-18(21)20(26)15-5-3-2-4-14(15)19(16)25/h2-11H,1H3,(H,24,27). The molecule has 0 heterocycles. The molecule has 150 valence electrons. The van der Waals surface area contributed by atoms with Gasteiger partial charge in [0.1, 0.15) is 5.82 Å². The normalized spacial score (nSPS) is 12.9. The molecule has 0 spiro atoms. The summed E-state index contributed by atoms with van der Waals surface area (Å²) in [6.07, 6.45) is 0.871. The summed E-state index contributed by atoms with van der Waals surface area (Å²) in [5, 5.41) is 2.48. The van der Waals surface area contributed by atoms with Gasteiger partial charge in [-0.2, -0.15) is 0 Å². The van der Waals surface area contributed by atoms with E-state index < -0.39 is 38.0 Å². The van der Waals surface area contributed by atoms with E-state index in [4.69, 9.17) is 0 Å². The molecule has 1 N–H and O–H groups in total. The Morgan fingerprint density at radius 1 is 0.833 bits per heavy atom. The Hall–Kier alpha value is -3.65. The van der Waals surface area contributed by atoms with Crippen molar-refractivity contribution < 1.29 is 27.2 Å². The van der Waals surface area contributed by atoms with E-state index in [1.807, 2.05) is 0 Å². The molecule has 0 saturated carbocycles. The number of anilines is 1. The van der Waals surface area contributed by atoms with Gasteiger partial charge in [-0.25, -0.2) is 12.8 Å². The van der Waals surface area contributed by atoms with Gasteiger partial charge in [-0.05, 0) is 36.4 Å². The van der Waals surface area contributed by atoms with Crippen LogP contribution < -0.4 is 5.32 Å². The Labute approximate surface area is 171 Å². The molecule has 1 amide bonds. The second kappa shape index (κ2) is 7.00. The lowest BCUT2D eigenvalue weighted by Crippen LogP contribution is -2.26. The second-order valence-electron chi connectivity index (χ2n) is 6.80. The van der Waals surface area contributed by atoms with Gasteiger partial charge < -0.3 is 5.32 Å². The van der Waals surface area contributed by atoms with Crippen molar-refractivity contribution in [1.82, 2.24) is 0 Å². The summed E-state index contributed by atoms with van der Waals surface area (Å²) >= 11 is 0. The van der Waals surface area contributed by atoms with Crippen LogP contribution in [0.5, 0.6) is 0 Å². The van der Waals surface area contributed by atoms with Gasteiger partial charge in [0.05, 0.1) is 16.0 Å². The zero-order valence-corrected chi connectivity index (χ0v) is 16.4. The van der Waals surface area contributed by atoms with Crippen molar-refractivity contribution in [1.29, 1.82) is 0 Å². The molecule has 0 saturated heterocycles. The lowest BCUT2D eigenvalue weighted by Gasteiger charge is -2.21. The Morgan fingerprint density at radius 2 is 1.43 bits per heavy atom. The van der Waals surface area contributed by atoms with Crippen molar-refractivity contribution >= 4 is 33.0 Å². The summed E-state index contributed by atoms with van der Waals surface area (Å²) in [5.41, 5.74) is -0.160. The maximum absolute atomic E-state index is 13.1. The van der Waals surface area contributed by atoms with Crippen LogP contribution in [-0.4, -0.2) is 32.1 Å². The molecule has 0 unspecified atom stereocenters. The fourth-order valence-electron chi connectivity index (χ4n) is 3.45. The maximum atomic E-state index is 13.1. The van der Waals surface area contributed by atoms with Crippen molar-refractivity contribution in [2.45, 2.75) is 4.90 Å². The van der Waals surface area contributed by atoms with Crippen LogP contribution in [0, 0.1) is 5.82 Å². The summed E-state index contributed by atoms with van der Waals surface area (Å²) in [4.78, 5) is 38.3. The third-order valence-electron chi connectivity index (χ3n) is 4.76. The van der Waals surface area contributed by atoms with Crippen molar-refractivity contribution in [3.8, 4) is 0 Å². The molecule has 0 atom stereocenters. The Morgan fingerprint density at radius 3 is 2.03 bits per heavy atom. The first kappa shape index (κ1) is 19.7. The fourth-order valence-corrected chi connectivity index (χ4v) is 4.59. The first-order chi connectivity index (χ1) is 14.2. The number of hydrogen-bond donors (Lipinski definition) is 1. The lowest BCUT2D eigenvalue weighted by molar-refractivity contribution is 0.0974. The van der Waals surface area contributed by atoms with Crippen molar-refractivity contribution in [2.75, 3.05) is 11.6 Å². The Kier molecular flexibility index (Phi) is 4.58. The van der Waals surface area contributed by atoms with Gasteiger partial charge in [0.25, 0.3) is 5.91 Å². The predicted molar refractivity (Wildman–Crippen MR) is 107 cm³/mol. The summed E-state index contributed by atoms with van der Waals surface area (Å²) in [7, 11) is -4.07. The molecule has 0 aromatic heterocycles. The fraction of sp³-hybridized carbons (Fsp3) is 0.0455. The van der Waals surface area contributed by atoms with Crippen LogP contribution in [0.2, 0.25) is 0 Å². The molecule has 0 radical (unpaired) electrons. The maximum Gasteiger partial charge on any atom is 0.257 e. The molecular formula is C22H14FNO5S. The summed E-state index contributed by atoms with van der Waals surface area (Å²) in [6.45, 7) is 0. The molecule has 8 heteroatoms. The summed E-state index contributed by atoms with van der Waals surface area (Å²) in [5.74, 6) is -2.43. The van der Waals surface area contributed by atoms with E-state index >= 15 is 0 Å².